The first-order valence-corrected chi connectivity index (χ1v) is 8.15. The number of nitrogens with zero attached hydrogens (tertiary/aromatic N) is 3. The van der Waals surface area contributed by atoms with Gasteiger partial charge in [0.05, 0.1) is 12.0 Å². The Kier molecular flexibility index (Phi) is 4.29. The lowest BCUT2D eigenvalue weighted by Gasteiger charge is -2.18. The molecule has 0 radical (unpaired) electrons. The molecule has 2 aromatic rings. The highest BCUT2D eigenvalue weighted by atomic mass is 35.5. The summed E-state index contributed by atoms with van der Waals surface area (Å²) in [6.45, 7) is 3.44. The molecule has 1 heterocycles. The van der Waals surface area contributed by atoms with Crippen LogP contribution in [-0.2, 0) is 4.79 Å². The third-order valence-electron chi connectivity index (χ3n) is 4.39. The zero-order valence-electron chi connectivity index (χ0n) is 14.2. The predicted octanol–water partition coefficient (Wildman–Crippen LogP) is 4.36. The summed E-state index contributed by atoms with van der Waals surface area (Å²) in [4.78, 5) is 28.8. The summed E-state index contributed by atoms with van der Waals surface area (Å²) in [5.74, 6) is 0. The smallest absolute Gasteiger partial charge is 0.211 e. The van der Waals surface area contributed by atoms with E-state index in [1.54, 1.807) is 33.0 Å². The van der Waals surface area contributed by atoms with Gasteiger partial charge in [0.15, 0.2) is 0 Å². The van der Waals surface area contributed by atoms with Crippen molar-refractivity contribution in [3.63, 3.8) is 0 Å². The van der Waals surface area contributed by atoms with E-state index in [0.29, 0.717) is 27.5 Å². The zero-order chi connectivity index (χ0) is 18.2. The molecule has 0 N–H and O–H groups in total. The molecule has 0 fully saturated rings. The highest BCUT2D eigenvalue weighted by molar-refractivity contribution is 6.32. The molecule has 0 saturated carbocycles. The number of benzene rings is 2. The molecule has 0 unspecified atom stereocenters. The van der Waals surface area contributed by atoms with E-state index >= 15 is 0 Å². The van der Waals surface area contributed by atoms with Gasteiger partial charge >= 0.3 is 0 Å². The molecule has 0 saturated heterocycles. The van der Waals surface area contributed by atoms with E-state index in [0.717, 1.165) is 10.4 Å². The molecule has 0 aromatic heterocycles. The average Bonchev–Trinajstić information content (AvgIpc) is 2.66. The number of halogens is 1. The Balaban J connectivity index is 2.51. The number of isocyanates is 1. The maximum absolute atomic E-state index is 13.0. The van der Waals surface area contributed by atoms with Gasteiger partial charge in [-0.15, -0.1) is 5.01 Å². The number of hydrazine groups is 1. The van der Waals surface area contributed by atoms with Crippen LogP contribution in [0.3, 0.4) is 0 Å². The van der Waals surface area contributed by atoms with Crippen molar-refractivity contribution in [2.45, 2.75) is 19.4 Å². The Morgan fingerprint density at radius 1 is 1.08 bits per heavy atom. The van der Waals surface area contributed by atoms with E-state index in [9.17, 15) is 9.70 Å². The maximum Gasteiger partial charge on any atom is 0.281 e. The van der Waals surface area contributed by atoms with Crippen LogP contribution in [-0.4, -0.2) is 23.5 Å². The van der Waals surface area contributed by atoms with Gasteiger partial charge in [-0.1, -0.05) is 48.0 Å². The van der Waals surface area contributed by atoms with Crippen molar-refractivity contribution >= 4 is 28.9 Å². The quantitative estimate of drug-likeness (QED) is 0.457. The SMILES string of the molecule is CN1c2ccccc2C(c2ccccc2Cl)=C(N=C=O)C(C)(C)[N+]1=O. The van der Waals surface area contributed by atoms with Gasteiger partial charge in [0.1, 0.15) is 16.3 Å². The number of hydrogen-bond donors (Lipinski definition) is 0. The molecule has 6 heteroatoms. The first-order valence-electron chi connectivity index (χ1n) is 7.77. The summed E-state index contributed by atoms with van der Waals surface area (Å²) in [5.41, 5.74) is 2.07. The summed E-state index contributed by atoms with van der Waals surface area (Å²) >= 11 is 6.43. The molecule has 3 rings (SSSR count). The highest BCUT2D eigenvalue weighted by Crippen LogP contribution is 2.43. The van der Waals surface area contributed by atoms with Crippen molar-refractivity contribution in [3.05, 3.63) is 75.3 Å². The molecule has 0 aliphatic carbocycles. The van der Waals surface area contributed by atoms with Crippen molar-refractivity contribution < 1.29 is 9.66 Å². The van der Waals surface area contributed by atoms with Crippen molar-refractivity contribution in [2.75, 3.05) is 12.1 Å². The van der Waals surface area contributed by atoms with Gasteiger partial charge in [-0.3, -0.25) is 0 Å². The molecule has 1 aliphatic heterocycles. The summed E-state index contributed by atoms with van der Waals surface area (Å²) in [6.07, 6.45) is 1.60. The number of fused-ring (bicyclic) bond motifs is 1. The van der Waals surface area contributed by atoms with Gasteiger partial charge in [-0.2, -0.15) is 4.99 Å². The summed E-state index contributed by atoms with van der Waals surface area (Å²) in [5, 5.41) is 2.03. The lowest BCUT2D eigenvalue weighted by atomic mass is 9.88. The largest absolute Gasteiger partial charge is 0.281 e. The molecule has 0 spiro atoms. The molecule has 1 aliphatic rings. The number of anilines is 1. The van der Waals surface area contributed by atoms with Crippen LogP contribution in [0, 0.1) is 4.91 Å². The van der Waals surface area contributed by atoms with Gasteiger partial charge in [-0.05, 0) is 12.1 Å². The van der Waals surface area contributed by atoms with Gasteiger partial charge < -0.3 is 0 Å². The van der Waals surface area contributed by atoms with E-state index < -0.39 is 5.54 Å². The lowest BCUT2D eigenvalue weighted by Crippen LogP contribution is -2.44. The maximum atomic E-state index is 13.0. The van der Waals surface area contributed by atoms with Gasteiger partial charge in [0, 0.05) is 35.6 Å². The van der Waals surface area contributed by atoms with Crippen molar-refractivity contribution in [1.29, 1.82) is 0 Å². The molecule has 25 heavy (non-hydrogen) atoms. The predicted molar refractivity (Wildman–Crippen MR) is 98.1 cm³/mol. The number of rotatable bonds is 2. The van der Waals surface area contributed by atoms with E-state index in [-0.39, 0.29) is 0 Å². The Labute approximate surface area is 150 Å². The van der Waals surface area contributed by atoms with Crippen LogP contribution in [0.15, 0.2) is 59.2 Å². The van der Waals surface area contributed by atoms with Crippen LogP contribution >= 0.6 is 11.6 Å². The molecular weight excluding hydrogens is 338 g/mol. The van der Waals surface area contributed by atoms with Gasteiger partial charge in [-0.25, -0.2) is 4.79 Å². The monoisotopic (exact) mass is 354 g/mol. The van der Waals surface area contributed by atoms with E-state index in [4.69, 9.17) is 11.6 Å². The van der Waals surface area contributed by atoms with Crippen LogP contribution in [0.25, 0.3) is 5.57 Å². The molecule has 2 aromatic carbocycles. The van der Waals surface area contributed by atoms with Crippen LogP contribution in [0.2, 0.25) is 5.02 Å². The Morgan fingerprint density at radius 2 is 1.68 bits per heavy atom. The van der Waals surface area contributed by atoms with Crippen molar-refractivity contribution in [1.82, 2.24) is 0 Å². The number of para-hydroxylation sites is 1. The number of carbonyl (C=O) groups excluding carboxylic acids is 1. The second-order valence-electron chi connectivity index (χ2n) is 6.28. The van der Waals surface area contributed by atoms with Gasteiger partial charge in [0.2, 0.25) is 6.08 Å². The fraction of sp³-hybridized carbons (Fsp3) is 0.211. The summed E-state index contributed by atoms with van der Waals surface area (Å²) < 4.78 is 0. The van der Waals surface area contributed by atoms with Crippen LogP contribution in [0.5, 0.6) is 0 Å². The molecular formula is C19H17ClN3O2+. The third-order valence-corrected chi connectivity index (χ3v) is 4.72. The minimum Gasteiger partial charge on any atom is -0.211 e. The molecule has 0 bridgehead atoms. The summed E-state index contributed by atoms with van der Waals surface area (Å²) in [7, 11) is 1.69. The zero-order valence-corrected chi connectivity index (χ0v) is 14.9. The minimum absolute atomic E-state index is 0.322. The average molecular weight is 355 g/mol. The fourth-order valence-electron chi connectivity index (χ4n) is 3.14. The molecule has 126 valence electrons. The minimum atomic E-state index is -1.10. The second kappa shape index (κ2) is 6.28. The van der Waals surface area contributed by atoms with Crippen LogP contribution in [0.1, 0.15) is 25.0 Å². The van der Waals surface area contributed by atoms with Crippen molar-refractivity contribution in [3.8, 4) is 0 Å². The number of hydrogen-bond acceptors (Lipinski definition) is 3. The van der Waals surface area contributed by atoms with Crippen LogP contribution in [0.4, 0.5) is 5.69 Å². The number of nitroso groups, excluding NO2 is 1. The first-order chi connectivity index (χ1) is 11.9. The van der Waals surface area contributed by atoms with Gasteiger partial charge in [0.25, 0.3) is 5.54 Å². The standard InChI is InChI=1S/C19H17ClN3O2/c1-19(2)18(21-12-24)17(13-8-4-6-10-15(13)20)14-9-5-7-11-16(14)22(3)23(19)25/h4-11H,1-3H3/q+1. The molecule has 0 atom stereocenters. The fourth-order valence-corrected chi connectivity index (χ4v) is 3.37. The molecule has 5 nitrogen and oxygen atoms in total. The van der Waals surface area contributed by atoms with E-state index in [1.807, 2.05) is 42.5 Å². The normalized spacial score (nSPS) is 16.2. The van der Waals surface area contributed by atoms with E-state index in [2.05, 4.69) is 4.99 Å². The topological polar surface area (TPSA) is 52.8 Å². The van der Waals surface area contributed by atoms with Crippen molar-refractivity contribution in [2.24, 2.45) is 4.99 Å². The summed E-state index contributed by atoms with van der Waals surface area (Å²) in [6, 6.07) is 14.8. The van der Waals surface area contributed by atoms with E-state index in [1.165, 1.54) is 5.01 Å². The molecule has 0 amide bonds. The third kappa shape index (κ3) is 2.68. The second-order valence-corrected chi connectivity index (χ2v) is 6.69. The Morgan fingerprint density at radius 3 is 2.32 bits per heavy atom. The Bertz CT molecular complexity index is 943. The Hall–Kier alpha value is -2.75. The number of aliphatic imine (C=N–C) groups is 1. The first kappa shape index (κ1) is 17.1. The highest BCUT2D eigenvalue weighted by Gasteiger charge is 2.49. The lowest BCUT2D eigenvalue weighted by molar-refractivity contribution is -0.618. The van der Waals surface area contributed by atoms with Crippen LogP contribution < -0.4 is 5.01 Å².